The fourth-order valence-electron chi connectivity index (χ4n) is 1.37. The van der Waals surface area contributed by atoms with Crippen LogP contribution in [0.3, 0.4) is 0 Å². The summed E-state index contributed by atoms with van der Waals surface area (Å²) >= 11 is 3.35. The lowest BCUT2D eigenvalue weighted by molar-refractivity contribution is 0.0527. The maximum Gasteiger partial charge on any atom is 0.342 e. The summed E-state index contributed by atoms with van der Waals surface area (Å²) in [5.41, 5.74) is 1.15. The van der Waals surface area contributed by atoms with Gasteiger partial charge in [0.1, 0.15) is 17.4 Å². The van der Waals surface area contributed by atoms with Gasteiger partial charge in [-0.25, -0.2) is 4.79 Å². The van der Waals surface area contributed by atoms with E-state index in [2.05, 4.69) is 15.9 Å². The van der Waals surface area contributed by atoms with Gasteiger partial charge in [-0.1, -0.05) is 15.9 Å². The molecule has 2 rings (SSSR count). The summed E-state index contributed by atoms with van der Waals surface area (Å²) in [7, 11) is 0. The Hall–Kier alpha value is -1.29. The van der Waals surface area contributed by atoms with Crippen molar-refractivity contribution in [3.8, 4) is 0 Å². The van der Waals surface area contributed by atoms with Gasteiger partial charge in [0.05, 0.1) is 6.61 Å². The van der Waals surface area contributed by atoms with E-state index in [1.54, 1.807) is 6.92 Å². The molecule has 0 fully saturated rings. The number of ether oxygens (including phenoxy) is 1. The van der Waals surface area contributed by atoms with Gasteiger partial charge < -0.3 is 9.15 Å². The smallest absolute Gasteiger partial charge is 0.342 e. The molecule has 78 valence electrons. The predicted octanol–water partition coefficient (Wildman–Crippen LogP) is 3.37. The zero-order chi connectivity index (χ0) is 10.8. The molecule has 1 aromatic carbocycles. The van der Waals surface area contributed by atoms with Crippen molar-refractivity contribution in [2.45, 2.75) is 6.92 Å². The maximum absolute atomic E-state index is 11.5. The fraction of sp³-hybridized carbons (Fsp3) is 0.182. The van der Waals surface area contributed by atoms with Crippen LogP contribution in [0, 0.1) is 0 Å². The third-order valence-corrected chi connectivity index (χ3v) is 2.52. The molecule has 2 aromatic rings. The van der Waals surface area contributed by atoms with Gasteiger partial charge in [0.15, 0.2) is 0 Å². The zero-order valence-electron chi connectivity index (χ0n) is 8.12. The van der Waals surface area contributed by atoms with E-state index in [0.29, 0.717) is 17.8 Å². The number of carbonyl (C=O) groups excluding carboxylic acids is 1. The van der Waals surface area contributed by atoms with Crippen LogP contribution in [-0.4, -0.2) is 12.6 Å². The number of hydrogen-bond acceptors (Lipinski definition) is 3. The number of rotatable bonds is 2. The fourth-order valence-corrected chi connectivity index (χ4v) is 1.73. The first kappa shape index (κ1) is 10.2. The molecule has 0 saturated carbocycles. The molecule has 4 heteroatoms. The highest BCUT2D eigenvalue weighted by Crippen LogP contribution is 2.25. The Balaban J connectivity index is 2.52. The number of hydrogen-bond donors (Lipinski definition) is 0. The minimum atomic E-state index is -0.352. The summed E-state index contributed by atoms with van der Waals surface area (Å²) in [6.45, 7) is 2.13. The van der Waals surface area contributed by atoms with E-state index in [0.717, 1.165) is 9.86 Å². The second kappa shape index (κ2) is 4.06. The largest absolute Gasteiger partial charge is 0.463 e. The van der Waals surface area contributed by atoms with E-state index in [1.165, 1.54) is 6.26 Å². The molecular weight excluding hydrogens is 260 g/mol. The molecule has 0 aliphatic rings. The lowest BCUT2D eigenvalue weighted by atomic mass is 10.2. The van der Waals surface area contributed by atoms with Crippen LogP contribution in [0.25, 0.3) is 11.0 Å². The van der Waals surface area contributed by atoms with E-state index >= 15 is 0 Å². The number of fused-ring (bicyclic) bond motifs is 1. The van der Waals surface area contributed by atoms with Crippen LogP contribution in [0.4, 0.5) is 0 Å². The second-order valence-electron chi connectivity index (χ2n) is 3.01. The number of esters is 1. The van der Waals surface area contributed by atoms with Crippen molar-refractivity contribution in [2.75, 3.05) is 6.61 Å². The Bertz CT molecular complexity index is 502. The van der Waals surface area contributed by atoms with Crippen molar-refractivity contribution in [2.24, 2.45) is 0 Å². The van der Waals surface area contributed by atoms with Gasteiger partial charge in [0, 0.05) is 9.86 Å². The van der Waals surface area contributed by atoms with Crippen LogP contribution in [0.5, 0.6) is 0 Å². The quantitative estimate of drug-likeness (QED) is 0.784. The molecule has 15 heavy (non-hydrogen) atoms. The monoisotopic (exact) mass is 268 g/mol. The van der Waals surface area contributed by atoms with E-state index in [-0.39, 0.29) is 5.97 Å². The number of halogens is 1. The summed E-state index contributed by atoms with van der Waals surface area (Å²) in [4.78, 5) is 11.5. The summed E-state index contributed by atoms with van der Waals surface area (Å²) in [6, 6.07) is 5.51. The molecule has 0 radical (unpaired) electrons. The molecule has 1 heterocycles. The average molecular weight is 269 g/mol. The Kier molecular flexibility index (Phi) is 2.77. The summed E-state index contributed by atoms with van der Waals surface area (Å²) in [5, 5.41) is 0.767. The normalized spacial score (nSPS) is 10.5. The first-order valence-corrected chi connectivity index (χ1v) is 5.35. The standard InChI is InChI=1S/C11H9BrO3/c1-2-14-11(13)9-6-15-10-4-3-7(12)5-8(9)10/h3-6H,2H2,1H3. The Morgan fingerprint density at radius 1 is 1.53 bits per heavy atom. The second-order valence-corrected chi connectivity index (χ2v) is 3.93. The van der Waals surface area contributed by atoms with Gasteiger partial charge in [-0.15, -0.1) is 0 Å². The number of carbonyl (C=O) groups is 1. The SMILES string of the molecule is CCOC(=O)c1coc2ccc(Br)cc12. The molecule has 0 aliphatic carbocycles. The Labute approximate surface area is 95.1 Å². The summed E-state index contributed by atoms with van der Waals surface area (Å²) in [6.07, 6.45) is 1.43. The van der Waals surface area contributed by atoms with Crippen molar-refractivity contribution in [3.05, 3.63) is 34.5 Å². The lowest BCUT2D eigenvalue weighted by Crippen LogP contribution is -2.03. The Morgan fingerprint density at radius 3 is 3.07 bits per heavy atom. The van der Waals surface area contributed by atoms with E-state index in [4.69, 9.17) is 9.15 Å². The molecule has 1 aromatic heterocycles. The lowest BCUT2D eigenvalue weighted by Gasteiger charge is -1.98. The molecule has 0 aliphatic heterocycles. The van der Waals surface area contributed by atoms with E-state index < -0.39 is 0 Å². The van der Waals surface area contributed by atoms with Gasteiger partial charge in [0.25, 0.3) is 0 Å². The van der Waals surface area contributed by atoms with Crippen LogP contribution in [-0.2, 0) is 4.74 Å². The van der Waals surface area contributed by atoms with E-state index in [1.807, 2.05) is 18.2 Å². The minimum absolute atomic E-state index is 0.352. The molecule has 0 atom stereocenters. The minimum Gasteiger partial charge on any atom is -0.463 e. The maximum atomic E-state index is 11.5. The number of benzene rings is 1. The van der Waals surface area contributed by atoms with Crippen LogP contribution in [0.15, 0.2) is 33.4 Å². The molecule has 0 spiro atoms. The van der Waals surface area contributed by atoms with Crippen molar-refractivity contribution in [1.29, 1.82) is 0 Å². The van der Waals surface area contributed by atoms with Gasteiger partial charge in [0.2, 0.25) is 0 Å². The summed E-state index contributed by atoms with van der Waals surface area (Å²) in [5.74, 6) is -0.352. The molecule has 0 N–H and O–H groups in total. The van der Waals surface area contributed by atoms with Gasteiger partial charge in [-0.2, -0.15) is 0 Å². The van der Waals surface area contributed by atoms with Gasteiger partial charge in [-0.05, 0) is 25.1 Å². The Morgan fingerprint density at radius 2 is 2.33 bits per heavy atom. The predicted molar refractivity (Wildman–Crippen MR) is 59.9 cm³/mol. The first-order valence-electron chi connectivity index (χ1n) is 4.56. The van der Waals surface area contributed by atoms with Crippen LogP contribution in [0.2, 0.25) is 0 Å². The van der Waals surface area contributed by atoms with E-state index in [9.17, 15) is 4.79 Å². The highest BCUT2D eigenvalue weighted by atomic mass is 79.9. The highest BCUT2D eigenvalue weighted by Gasteiger charge is 2.14. The van der Waals surface area contributed by atoms with Crippen molar-refractivity contribution < 1.29 is 13.9 Å². The zero-order valence-corrected chi connectivity index (χ0v) is 9.71. The van der Waals surface area contributed by atoms with Gasteiger partial charge in [-0.3, -0.25) is 0 Å². The number of furan rings is 1. The molecular formula is C11H9BrO3. The van der Waals surface area contributed by atoms with Crippen LogP contribution < -0.4 is 0 Å². The third-order valence-electron chi connectivity index (χ3n) is 2.03. The van der Waals surface area contributed by atoms with Crippen molar-refractivity contribution in [3.63, 3.8) is 0 Å². The molecule has 3 nitrogen and oxygen atoms in total. The van der Waals surface area contributed by atoms with Crippen LogP contribution in [0.1, 0.15) is 17.3 Å². The molecule has 0 amide bonds. The topological polar surface area (TPSA) is 39.4 Å². The highest BCUT2D eigenvalue weighted by molar-refractivity contribution is 9.10. The molecule has 0 saturated heterocycles. The van der Waals surface area contributed by atoms with Crippen LogP contribution >= 0.6 is 15.9 Å². The average Bonchev–Trinajstić information content (AvgIpc) is 2.60. The third kappa shape index (κ3) is 1.90. The first-order chi connectivity index (χ1) is 7.22. The molecule has 0 bridgehead atoms. The van der Waals surface area contributed by atoms with Crippen molar-refractivity contribution >= 4 is 32.9 Å². The van der Waals surface area contributed by atoms with Gasteiger partial charge >= 0.3 is 5.97 Å². The van der Waals surface area contributed by atoms with Crippen molar-refractivity contribution in [1.82, 2.24) is 0 Å². The summed E-state index contributed by atoms with van der Waals surface area (Å²) < 4.78 is 11.1. The molecule has 0 unspecified atom stereocenters.